The Bertz CT molecular complexity index is 351. The molecule has 0 saturated heterocycles. The Morgan fingerprint density at radius 2 is 1.44 bits per heavy atom. The van der Waals surface area contributed by atoms with Gasteiger partial charge in [-0.25, -0.2) is 0 Å². The molecule has 1 amide bonds. The SMILES string of the molecule is CC(NC(=O)C(F)(F)C(F)(F)C(F)(F)F)C(=O)[O-]. The molecule has 0 aliphatic carbocycles. The summed E-state index contributed by atoms with van der Waals surface area (Å²) < 4.78 is 84.8. The highest BCUT2D eigenvalue weighted by Crippen LogP contribution is 2.46. The van der Waals surface area contributed by atoms with E-state index in [-0.39, 0.29) is 0 Å². The number of hydrogen-bond donors (Lipinski definition) is 1. The van der Waals surface area contributed by atoms with Crippen molar-refractivity contribution < 1.29 is 45.4 Å². The van der Waals surface area contributed by atoms with Gasteiger partial charge in [-0.1, -0.05) is 0 Å². The number of halogens is 7. The monoisotopic (exact) mass is 284 g/mol. The van der Waals surface area contributed by atoms with Crippen molar-refractivity contribution in [3.05, 3.63) is 0 Å². The fraction of sp³-hybridized carbons (Fsp3) is 0.714. The van der Waals surface area contributed by atoms with E-state index in [2.05, 4.69) is 0 Å². The lowest BCUT2D eigenvalue weighted by molar-refractivity contribution is -0.344. The van der Waals surface area contributed by atoms with Gasteiger partial charge in [0.05, 0.1) is 12.0 Å². The summed E-state index contributed by atoms with van der Waals surface area (Å²) in [7, 11) is 0. The zero-order valence-electron chi connectivity index (χ0n) is 8.45. The van der Waals surface area contributed by atoms with Crippen LogP contribution >= 0.6 is 0 Å². The van der Waals surface area contributed by atoms with Gasteiger partial charge >= 0.3 is 18.0 Å². The van der Waals surface area contributed by atoms with Crippen LogP contribution in [0.4, 0.5) is 30.7 Å². The van der Waals surface area contributed by atoms with Gasteiger partial charge < -0.3 is 15.2 Å². The molecule has 0 fully saturated rings. The molecule has 0 aliphatic rings. The average molecular weight is 284 g/mol. The van der Waals surface area contributed by atoms with E-state index >= 15 is 0 Å². The summed E-state index contributed by atoms with van der Waals surface area (Å²) >= 11 is 0. The highest BCUT2D eigenvalue weighted by molar-refractivity contribution is 5.88. The molecule has 0 saturated carbocycles. The standard InChI is InChI=1S/C7H6F7NO3/c1-2(3(16)17)15-4(18)5(8,9)6(10,11)7(12,13)14/h2H,1H3,(H,15,18)(H,16,17)/p-1. The Labute approximate surface area is 94.8 Å². The van der Waals surface area contributed by atoms with Crippen LogP contribution in [0.2, 0.25) is 0 Å². The molecule has 106 valence electrons. The molecule has 0 aliphatic heterocycles. The molecule has 1 atom stereocenters. The van der Waals surface area contributed by atoms with Crippen LogP contribution in [-0.2, 0) is 9.59 Å². The molecule has 0 aromatic rings. The Hall–Kier alpha value is -1.55. The van der Waals surface area contributed by atoms with Crippen molar-refractivity contribution in [1.82, 2.24) is 5.32 Å². The third kappa shape index (κ3) is 2.82. The predicted molar refractivity (Wildman–Crippen MR) is 38.6 cm³/mol. The molecule has 4 nitrogen and oxygen atoms in total. The molecule has 0 spiro atoms. The number of alkyl halides is 7. The van der Waals surface area contributed by atoms with Crippen molar-refractivity contribution in [1.29, 1.82) is 0 Å². The number of hydrogen-bond acceptors (Lipinski definition) is 3. The number of carboxylic acid groups (broad SMARTS) is 1. The molecule has 0 radical (unpaired) electrons. The maximum Gasteiger partial charge on any atom is 0.460 e. The maximum absolute atomic E-state index is 12.6. The molecule has 0 heterocycles. The van der Waals surface area contributed by atoms with E-state index in [0.29, 0.717) is 6.92 Å². The zero-order chi connectivity index (χ0) is 14.9. The van der Waals surface area contributed by atoms with Gasteiger partial charge in [0.25, 0.3) is 5.91 Å². The average Bonchev–Trinajstić information content (AvgIpc) is 2.14. The van der Waals surface area contributed by atoms with Crippen LogP contribution in [0, 0.1) is 0 Å². The lowest BCUT2D eigenvalue weighted by atomic mass is 10.1. The van der Waals surface area contributed by atoms with E-state index in [4.69, 9.17) is 0 Å². The van der Waals surface area contributed by atoms with Crippen LogP contribution in [0.1, 0.15) is 6.92 Å². The Morgan fingerprint density at radius 1 is 1.06 bits per heavy atom. The van der Waals surface area contributed by atoms with Crippen molar-refractivity contribution in [3.63, 3.8) is 0 Å². The summed E-state index contributed by atoms with van der Waals surface area (Å²) in [4.78, 5) is 20.6. The number of rotatable bonds is 4. The fourth-order valence-corrected chi connectivity index (χ4v) is 0.667. The second-order valence-electron chi connectivity index (χ2n) is 3.16. The van der Waals surface area contributed by atoms with Gasteiger partial charge in [0.15, 0.2) is 0 Å². The number of amides is 1. The molecule has 0 rings (SSSR count). The maximum atomic E-state index is 12.6. The van der Waals surface area contributed by atoms with Crippen LogP contribution in [0.25, 0.3) is 0 Å². The second-order valence-corrected chi connectivity index (χ2v) is 3.16. The van der Waals surface area contributed by atoms with Gasteiger partial charge in [0.1, 0.15) is 0 Å². The first-order valence-corrected chi connectivity index (χ1v) is 4.09. The summed E-state index contributed by atoms with van der Waals surface area (Å²) in [6.07, 6.45) is -6.67. The third-order valence-corrected chi connectivity index (χ3v) is 1.74. The molecule has 1 N–H and O–H groups in total. The van der Waals surface area contributed by atoms with Gasteiger partial charge in [-0.2, -0.15) is 30.7 Å². The van der Waals surface area contributed by atoms with Crippen molar-refractivity contribution in [2.45, 2.75) is 31.0 Å². The van der Waals surface area contributed by atoms with Crippen LogP contribution in [0.3, 0.4) is 0 Å². The summed E-state index contributed by atoms with van der Waals surface area (Å²) in [6.45, 7) is 0.551. The summed E-state index contributed by atoms with van der Waals surface area (Å²) in [5.74, 6) is -18.0. The molecular formula is C7H5F7NO3-. The van der Waals surface area contributed by atoms with E-state index in [1.807, 2.05) is 0 Å². The zero-order valence-corrected chi connectivity index (χ0v) is 8.45. The molecule has 11 heteroatoms. The third-order valence-electron chi connectivity index (χ3n) is 1.74. The molecule has 1 unspecified atom stereocenters. The van der Waals surface area contributed by atoms with Gasteiger partial charge in [-0.15, -0.1) is 0 Å². The van der Waals surface area contributed by atoms with Crippen molar-refractivity contribution >= 4 is 11.9 Å². The topological polar surface area (TPSA) is 69.2 Å². The number of nitrogens with one attached hydrogen (secondary N) is 1. The first kappa shape index (κ1) is 16.4. The second kappa shape index (κ2) is 4.61. The number of carboxylic acids is 1. The van der Waals surface area contributed by atoms with Gasteiger partial charge in [-0.05, 0) is 6.92 Å². The summed E-state index contributed by atoms with van der Waals surface area (Å²) in [5.41, 5.74) is 0. The Balaban J connectivity index is 5.16. The fourth-order valence-electron chi connectivity index (χ4n) is 0.667. The van der Waals surface area contributed by atoms with Crippen LogP contribution < -0.4 is 10.4 Å². The van der Waals surface area contributed by atoms with E-state index in [0.717, 1.165) is 5.32 Å². The largest absolute Gasteiger partial charge is 0.548 e. The lowest BCUT2D eigenvalue weighted by Gasteiger charge is -2.28. The van der Waals surface area contributed by atoms with E-state index in [1.165, 1.54) is 0 Å². The molecule has 18 heavy (non-hydrogen) atoms. The Kier molecular flexibility index (Phi) is 4.21. The highest BCUT2D eigenvalue weighted by Gasteiger charge is 2.76. The van der Waals surface area contributed by atoms with E-state index in [1.54, 1.807) is 0 Å². The minimum atomic E-state index is -6.67. The van der Waals surface area contributed by atoms with Gasteiger partial charge in [-0.3, -0.25) is 4.79 Å². The lowest BCUT2D eigenvalue weighted by Crippen LogP contribution is -2.61. The first-order chi connectivity index (χ1) is 7.75. The van der Waals surface area contributed by atoms with Crippen LogP contribution in [0.15, 0.2) is 0 Å². The molecule has 0 aromatic heterocycles. The predicted octanol–water partition coefficient (Wildman–Crippen LogP) is 0.0739. The minimum Gasteiger partial charge on any atom is -0.548 e. The van der Waals surface area contributed by atoms with Crippen LogP contribution in [0.5, 0.6) is 0 Å². The highest BCUT2D eigenvalue weighted by atomic mass is 19.4. The quantitative estimate of drug-likeness (QED) is 0.743. The van der Waals surface area contributed by atoms with Crippen molar-refractivity contribution in [3.8, 4) is 0 Å². The summed E-state index contributed by atoms with van der Waals surface area (Å²) in [5, 5.41) is 10.8. The van der Waals surface area contributed by atoms with Crippen LogP contribution in [-0.4, -0.2) is 35.9 Å². The van der Waals surface area contributed by atoms with Gasteiger partial charge in [0.2, 0.25) is 0 Å². The van der Waals surface area contributed by atoms with Crippen molar-refractivity contribution in [2.24, 2.45) is 0 Å². The minimum absolute atomic E-state index is 0.551. The molecular weight excluding hydrogens is 279 g/mol. The first-order valence-electron chi connectivity index (χ1n) is 4.09. The van der Waals surface area contributed by atoms with E-state index in [9.17, 15) is 45.4 Å². The molecule has 0 aromatic carbocycles. The molecule has 0 bridgehead atoms. The smallest absolute Gasteiger partial charge is 0.460 e. The number of carbonyl (C=O) groups excluding carboxylic acids is 2. The van der Waals surface area contributed by atoms with Crippen molar-refractivity contribution in [2.75, 3.05) is 0 Å². The normalized spacial score (nSPS) is 15.1. The van der Waals surface area contributed by atoms with E-state index < -0.39 is 35.9 Å². The number of aliphatic carboxylic acids is 1. The van der Waals surface area contributed by atoms with Gasteiger partial charge in [0, 0.05) is 0 Å². The summed E-state index contributed by atoms with van der Waals surface area (Å²) in [6, 6.07) is -2.16. The Morgan fingerprint density at radius 3 is 1.72 bits per heavy atom. The number of carbonyl (C=O) groups is 2.